The third-order valence-corrected chi connectivity index (χ3v) is 6.78. The zero-order chi connectivity index (χ0) is 16.9. The van der Waals surface area contributed by atoms with Crippen LogP contribution in [0.3, 0.4) is 0 Å². The molecule has 0 unspecified atom stereocenters. The van der Waals surface area contributed by atoms with Crippen LogP contribution >= 0.6 is 20.7 Å². The van der Waals surface area contributed by atoms with Crippen molar-refractivity contribution in [3.63, 3.8) is 0 Å². The van der Waals surface area contributed by atoms with Gasteiger partial charge in [-0.1, -0.05) is 38.4 Å². The Kier molecular flexibility index (Phi) is 3.58. The van der Waals surface area contributed by atoms with Gasteiger partial charge in [-0.15, -0.1) is 0 Å². The van der Waals surface area contributed by atoms with Crippen LogP contribution in [0.15, 0.2) is 47.5 Å². The van der Waals surface area contributed by atoms with E-state index in [-0.39, 0.29) is 11.4 Å². The van der Waals surface area contributed by atoms with E-state index in [2.05, 4.69) is 44.3 Å². The van der Waals surface area contributed by atoms with Crippen LogP contribution in [0.5, 0.6) is 0 Å². The van der Waals surface area contributed by atoms with Crippen molar-refractivity contribution in [1.29, 1.82) is 0 Å². The van der Waals surface area contributed by atoms with E-state index in [0.717, 1.165) is 10.4 Å². The molecule has 2 heterocycles. The van der Waals surface area contributed by atoms with Crippen molar-refractivity contribution in [1.82, 2.24) is 0 Å². The third-order valence-electron chi connectivity index (χ3n) is 4.14. The molecule has 0 aliphatic carbocycles. The monoisotopic (exact) mass is 356 g/mol. The Balaban J connectivity index is 2.00. The van der Waals surface area contributed by atoms with Crippen molar-refractivity contribution in [3.05, 3.63) is 63.4 Å². The Morgan fingerprint density at radius 2 is 1.92 bits per heavy atom. The summed E-state index contributed by atoms with van der Waals surface area (Å²) in [6, 6.07) is 12.9. The van der Waals surface area contributed by atoms with Gasteiger partial charge >= 0.3 is 0 Å². The topological polar surface area (TPSA) is 24.4 Å². The van der Waals surface area contributed by atoms with Crippen LogP contribution in [0.25, 0.3) is 11.1 Å². The minimum absolute atomic E-state index is 0.144. The van der Waals surface area contributed by atoms with Gasteiger partial charge < -0.3 is 5.32 Å². The summed E-state index contributed by atoms with van der Waals surface area (Å²) in [6.45, 7) is 6.46. The predicted molar refractivity (Wildman–Crippen MR) is 101 cm³/mol. The standard InChI is InChI=1S/C19H17FN2S2/c1-11-7-8-15-14(9-11)16-17(19(2,3)22-15)23-24-18(16)21-13-6-4-5-12(20)10-13/h4-10,22H,1-3H3. The SMILES string of the molecule is Cc1ccc2c(c1)-c1c(ssc1=Nc1cccc(F)c1)C(C)(C)N2. The number of aryl methyl sites for hydroxylation is 1. The van der Waals surface area contributed by atoms with Gasteiger partial charge in [0, 0.05) is 16.8 Å². The molecule has 0 atom stereocenters. The second-order valence-corrected chi connectivity index (χ2v) is 8.69. The number of hydrogen-bond acceptors (Lipinski definition) is 4. The number of hydrogen-bond donors (Lipinski definition) is 1. The maximum Gasteiger partial charge on any atom is 0.135 e. The molecule has 2 nitrogen and oxygen atoms in total. The summed E-state index contributed by atoms with van der Waals surface area (Å²) in [4.78, 5) is 6.01. The summed E-state index contributed by atoms with van der Waals surface area (Å²) in [7, 11) is 3.39. The lowest BCUT2D eigenvalue weighted by atomic mass is 9.89. The molecule has 3 aromatic rings. The molecule has 4 rings (SSSR count). The maximum absolute atomic E-state index is 13.5. The summed E-state index contributed by atoms with van der Waals surface area (Å²) in [6.07, 6.45) is 0. The van der Waals surface area contributed by atoms with Crippen molar-refractivity contribution in [2.45, 2.75) is 26.3 Å². The summed E-state index contributed by atoms with van der Waals surface area (Å²) < 4.78 is 14.4. The molecule has 0 amide bonds. The van der Waals surface area contributed by atoms with Gasteiger partial charge in [0.05, 0.1) is 16.1 Å². The quantitative estimate of drug-likeness (QED) is 0.546. The first-order valence-electron chi connectivity index (χ1n) is 7.77. The van der Waals surface area contributed by atoms with Gasteiger partial charge in [-0.2, -0.15) is 0 Å². The molecular weight excluding hydrogens is 339 g/mol. The largest absolute Gasteiger partial charge is 0.375 e. The van der Waals surface area contributed by atoms with E-state index in [0.29, 0.717) is 5.69 Å². The van der Waals surface area contributed by atoms with E-state index in [9.17, 15) is 4.39 Å². The summed E-state index contributed by atoms with van der Waals surface area (Å²) >= 11 is 0. The number of nitrogens with zero attached hydrogens (tertiary/aromatic N) is 1. The number of nitrogens with one attached hydrogen (secondary N) is 1. The summed E-state index contributed by atoms with van der Waals surface area (Å²) in [5, 5.41) is 3.62. The van der Waals surface area contributed by atoms with E-state index < -0.39 is 0 Å². The highest BCUT2D eigenvalue weighted by Gasteiger charge is 2.33. The molecule has 0 radical (unpaired) electrons. The van der Waals surface area contributed by atoms with Crippen molar-refractivity contribution in [3.8, 4) is 11.1 Å². The number of anilines is 1. The van der Waals surface area contributed by atoms with E-state index in [4.69, 9.17) is 4.99 Å². The molecule has 5 heteroatoms. The Labute approximate surface area is 147 Å². The lowest BCUT2D eigenvalue weighted by Gasteiger charge is -2.33. The van der Waals surface area contributed by atoms with Crippen LogP contribution in [-0.4, -0.2) is 0 Å². The van der Waals surface area contributed by atoms with Crippen LogP contribution in [0.1, 0.15) is 24.3 Å². The highest BCUT2D eigenvalue weighted by molar-refractivity contribution is 7.68. The van der Waals surface area contributed by atoms with Crippen molar-refractivity contribution in [2.75, 3.05) is 5.32 Å². The molecule has 1 N–H and O–H groups in total. The smallest absolute Gasteiger partial charge is 0.135 e. The first-order chi connectivity index (χ1) is 11.4. The number of benzene rings is 2. The fourth-order valence-corrected chi connectivity index (χ4v) is 5.96. The average molecular weight is 356 g/mol. The second kappa shape index (κ2) is 5.53. The Hall–Kier alpha value is -1.98. The molecule has 24 heavy (non-hydrogen) atoms. The van der Waals surface area contributed by atoms with Crippen molar-refractivity contribution < 1.29 is 4.39 Å². The zero-order valence-corrected chi connectivity index (χ0v) is 15.3. The van der Waals surface area contributed by atoms with Gasteiger partial charge in [0.1, 0.15) is 10.5 Å². The summed E-state index contributed by atoms with van der Waals surface area (Å²) in [5.41, 5.74) is 5.20. The third kappa shape index (κ3) is 2.58. The normalized spacial score (nSPS) is 15.6. The Morgan fingerprint density at radius 1 is 1.08 bits per heavy atom. The molecule has 1 aliphatic heterocycles. The van der Waals surface area contributed by atoms with Crippen LogP contribution in [-0.2, 0) is 5.54 Å². The second-order valence-electron chi connectivity index (χ2n) is 6.57. The van der Waals surface area contributed by atoms with Crippen molar-refractivity contribution >= 4 is 32.1 Å². The fraction of sp³-hybridized carbons (Fsp3) is 0.211. The zero-order valence-electron chi connectivity index (χ0n) is 13.7. The van der Waals surface area contributed by atoms with Gasteiger partial charge in [0.15, 0.2) is 0 Å². The highest BCUT2D eigenvalue weighted by Crippen LogP contribution is 2.45. The number of fused-ring (bicyclic) bond motifs is 3. The molecule has 1 aromatic heterocycles. The van der Waals surface area contributed by atoms with Gasteiger partial charge in [0.2, 0.25) is 0 Å². The van der Waals surface area contributed by atoms with E-state index in [1.54, 1.807) is 26.7 Å². The van der Waals surface area contributed by atoms with Crippen LogP contribution in [0.2, 0.25) is 0 Å². The van der Waals surface area contributed by atoms with E-state index >= 15 is 0 Å². The molecule has 0 bridgehead atoms. The predicted octanol–water partition coefficient (Wildman–Crippen LogP) is 5.82. The van der Waals surface area contributed by atoms with Gasteiger partial charge in [-0.25, -0.2) is 9.38 Å². The molecule has 0 fully saturated rings. The van der Waals surface area contributed by atoms with Crippen LogP contribution in [0.4, 0.5) is 15.8 Å². The lowest BCUT2D eigenvalue weighted by Crippen LogP contribution is -2.31. The molecule has 1 aliphatic rings. The first kappa shape index (κ1) is 15.5. The average Bonchev–Trinajstić information content (AvgIpc) is 2.93. The first-order valence-corrected chi connectivity index (χ1v) is 9.92. The fourth-order valence-electron chi connectivity index (χ4n) is 3.02. The molecule has 122 valence electrons. The highest BCUT2D eigenvalue weighted by atomic mass is 32.9. The Bertz CT molecular complexity index is 999. The Morgan fingerprint density at radius 3 is 2.71 bits per heavy atom. The number of rotatable bonds is 1. The minimum Gasteiger partial charge on any atom is -0.375 e. The molecular formula is C19H17FN2S2. The molecule has 2 aromatic carbocycles. The van der Waals surface area contributed by atoms with Gasteiger partial charge in [-0.05, 0) is 51.1 Å². The molecule has 0 spiro atoms. The van der Waals surface area contributed by atoms with Gasteiger partial charge in [-0.3, -0.25) is 0 Å². The molecule has 0 saturated carbocycles. The van der Waals surface area contributed by atoms with E-state index in [1.807, 2.05) is 6.07 Å². The lowest BCUT2D eigenvalue weighted by molar-refractivity contribution is 0.619. The van der Waals surface area contributed by atoms with Crippen LogP contribution in [0, 0.1) is 12.7 Å². The summed E-state index contributed by atoms with van der Waals surface area (Å²) in [5.74, 6) is -0.261. The maximum atomic E-state index is 13.5. The minimum atomic E-state index is -0.261. The number of halogens is 1. The van der Waals surface area contributed by atoms with Gasteiger partial charge in [0.25, 0.3) is 0 Å². The molecule has 0 saturated heterocycles. The van der Waals surface area contributed by atoms with Crippen LogP contribution < -0.4 is 9.99 Å². The van der Waals surface area contributed by atoms with Crippen molar-refractivity contribution in [2.24, 2.45) is 4.99 Å². The van der Waals surface area contributed by atoms with E-state index in [1.165, 1.54) is 33.7 Å².